The van der Waals surface area contributed by atoms with Gasteiger partial charge in [-0.3, -0.25) is 0 Å². The van der Waals surface area contributed by atoms with Gasteiger partial charge in [0.2, 0.25) is 0 Å². The lowest BCUT2D eigenvalue weighted by Gasteiger charge is -2.27. The van der Waals surface area contributed by atoms with Crippen molar-refractivity contribution in [2.75, 3.05) is 20.3 Å². The van der Waals surface area contributed by atoms with Gasteiger partial charge in [0.1, 0.15) is 5.75 Å². The lowest BCUT2D eigenvalue weighted by atomic mass is 9.80. The summed E-state index contributed by atoms with van der Waals surface area (Å²) in [6, 6.07) is 7.84. The van der Waals surface area contributed by atoms with E-state index in [0.29, 0.717) is 13.0 Å². The number of hydrogen-bond donors (Lipinski definition) is 2. The minimum atomic E-state index is -0.152. The van der Waals surface area contributed by atoms with Crippen LogP contribution in [0.2, 0.25) is 0 Å². The molecule has 3 nitrogen and oxygen atoms in total. The molecule has 0 aliphatic rings. The van der Waals surface area contributed by atoms with Crippen LogP contribution in [0.25, 0.3) is 0 Å². The molecule has 1 atom stereocenters. The van der Waals surface area contributed by atoms with Crippen molar-refractivity contribution in [3.63, 3.8) is 0 Å². The van der Waals surface area contributed by atoms with E-state index in [1.165, 1.54) is 0 Å². The van der Waals surface area contributed by atoms with Crippen molar-refractivity contribution >= 4 is 0 Å². The highest BCUT2D eigenvalue weighted by Gasteiger charge is 2.24. The quantitative estimate of drug-likeness (QED) is 0.768. The molecule has 84 valence electrons. The van der Waals surface area contributed by atoms with Crippen LogP contribution in [0.4, 0.5) is 0 Å². The van der Waals surface area contributed by atoms with Crippen LogP contribution < -0.4 is 10.5 Å². The van der Waals surface area contributed by atoms with Gasteiger partial charge >= 0.3 is 0 Å². The van der Waals surface area contributed by atoms with Crippen molar-refractivity contribution in [3.8, 4) is 5.75 Å². The number of aliphatic hydroxyl groups excluding tert-OH is 1. The first-order chi connectivity index (χ1) is 7.16. The topological polar surface area (TPSA) is 55.5 Å². The first kappa shape index (κ1) is 12.0. The van der Waals surface area contributed by atoms with Crippen LogP contribution in [0, 0.1) is 0 Å². The molecule has 0 aromatic heterocycles. The zero-order valence-corrected chi connectivity index (χ0v) is 9.36. The van der Waals surface area contributed by atoms with Crippen LogP contribution in [-0.4, -0.2) is 25.4 Å². The third-order valence-electron chi connectivity index (χ3n) is 2.90. The molecule has 3 heteroatoms. The molecule has 0 bridgehead atoms. The molecular weight excluding hydrogens is 190 g/mol. The van der Waals surface area contributed by atoms with Crippen LogP contribution in [0.15, 0.2) is 24.3 Å². The van der Waals surface area contributed by atoms with Crippen molar-refractivity contribution < 1.29 is 9.84 Å². The molecule has 1 rings (SSSR count). The van der Waals surface area contributed by atoms with E-state index in [4.69, 9.17) is 15.6 Å². The molecule has 3 N–H and O–H groups in total. The Bertz CT molecular complexity index is 297. The number of benzene rings is 1. The van der Waals surface area contributed by atoms with E-state index in [0.717, 1.165) is 11.3 Å². The number of aliphatic hydroxyl groups is 1. The van der Waals surface area contributed by atoms with E-state index in [1.54, 1.807) is 7.11 Å². The maximum Gasteiger partial charge on any atom is 0.118 e. The fourth-order valence-corrected chi connectivity index (χ4v) is 1.60. The molecule has 0 saturated carbocycles. The Hall–Kier alpha value is -1.06. The summed E-state index contributed by atoms with van der Waals surface area (Å²) in [6.45, 7) is 2.74. The minimum Gasteiger partial charge on any atom is -0.497 e. The third-order valence-corrected chi connectivity index (χ3v) is 2.90. The smallest absolute Gasteiger partial charge is 0.118 e. The van der Waals surface area contributed by atoms with Crippen LogP contribution >= 0.6 is 0 Å². The minimum absolute atomic E-state index is 0.152. The van der Waals surface area contributed by atoms with E-state index in [1.807, 2.05) is 24.3 Å². The lowest BCUT2D eigenvalue weighted by molar-refractivity contribution is 0.247. The van der Waals surface area contributed by atoms with Gasteiger partial charge in [0.25, 0.3) is 0 Å². The summed E-state index contributed by atoms with van der Waals surface area (Å²) in [6.07, 6.45) is 0.676. The fraction of sp³-hybridized carbons (Fsp3) is 0.500. The predicted molar refractivity (Wildman–Crippen MR) is 61.1 cm³/mol. The summed E-state index contributed by atoms with van der Waals surface area (Å²) in [5.41, 5.74) is 6.74. The van der Waals surface area contributed by atoms with Gasteiger partial charge in [-0.1, -0.05) is 19.1 Å². The Morgan fingerprint density at radius 1 is 1.33 bits per heavy atom. The maximum absolute atomic E-state index is 9.01. The monoisotopic (exact) mass is 209 g/mol. The average Bonchev–Trinajstić information content (AvgIpc) is 2.29. The normalized spacial score (nSPS) is 14.7. The van der Waals surface area contributed by atoms with E-state index in [9.17, 15) is 0 Å². The second-order valence-electron chi connectivity index (χ2n) is 3.97. The molecular formula is C12H19NO2. The molecule has 0 fully saturated rings. The van der Waals surface area contributed by atoms with Crippen molar-refractivity contribution in [1.82, 2.24) is 0 Å². The Morgan fingerprint density at radius 2 is 1.93 bits per heavy atom. The zero-order valence-electron chi connectivity index (χ0n) is 9.36. The summed E-state index contributed by atoms with van der Waals surface area (Å²) in [5, 5.41) is 9.01. The predicted octanol–water partition coefficient (Wildman–Crippen LogP) is 1.29. The van der Waals surface area contributed by atoms with Crippen LogP contribution in [0.5, 0.6) is 5.75 Å². The first-order valence-corrected chi connectivity index (χ1v) is 5.12. The highest BCUT2D eigenvalue weighted by atomic mass is 16.5. The van der Waals surface area contributed by atoms with Crippen molar-refractivity contribution in [1.29, 1.82) is 0 Å². The van der Waals surface area contributed by atoms with Gasteiger partial charge in [-0.2, -0.15) is 0 Å². The highest BCUT2D eigenvalue weighted by molar-refractivity contribution is 5.32. The van der Waals surface area contributed by atoms with Crippen molar-refractivity contribution in [2.45, 2.75) is 18.8 Å². The van der Waals surface area contributed by atoms with Gasteiger partial charge in [0, 0.05) is 18.6 Å². The molecule has 1 aromatic rings. The summed E-state index contributed by atoms with van der Waals surface area (Å²) in [7, 11) is 1.64. The van der Waals surface area contributed by atoms with Crippen molar-refractivity contribution in [3.05, 3.63) is 29.8 Å². The molecule has 1 aromatic carbocycles. The number of hydrogen-bond acceptors (Lipinski definition) is 3. The Labute approximate surface area is 90.9 Å². The summed E-state index contributed by atoms with van der Waals surface area (Å²) in [5.74, 6) is 0.835. The number of ether oxygens (including phenoxy) is 1. The third kappa shape index (κ3) is 2.70. The van der Waals surface area contributed by atoms with E-state index in [2.05, 4.69) is 6.92 Å². The van der Waals surface area contributed by atoms with E-state index in [-0.39, 0.29) is 12.0 Å². The van der Waals surface area contributed by atoms with Crippen LogP contribution in [0.1, 0.15) is 18.9 Å². The molecule has 0 spiro atoms. The Balaban J connectivity index is 2.92. The van der Waals surface area contributed by atoms with Crippen LogP contribution in [0.3, 0.4) is 0 Å². The van der Waals surface area contributed by atoms with Gasteiger partial charge in [-0.15, -0.1) is 0 Å². The average molecular weight is 209 g/mol. The molecule has 0 amide bonds. The second kappa shape index (κ2) is 5.14. The van der Waals surface area contributed by atoms with E-state index < -0.39 is 0 Å². The SMILES string of the molecule is COc1ccc(C(C)(CN)CCO)cc1. The highest BCUT2D eigenvalue weighted by Crippen LogP contribution is 2.27. The fourth-order valence-electron chi connectivity index (χ4n) is 1.60. The standard InChI is InChI=1S/C12H19NO2/c1-12(9-13,7-8-14)10-3-5-11(15-2)6-4-10/h3-6,14H,7-9,13H2,1-2H3. The second-order valence-corrected chi connectivity index (χ2v) is 3.97. The number of methoxy groups -OCH3 is 1. The number of rotatable bonds is 5. The molecule has 0 aliphatic carbocycles. The molecule has 0 aliphatic heterocycles. The maximum atomic E-state index is 9.01. The Morgan fingerprint density at radius 3 is 2.33 bits per heavy atom. The van der Waals surface area contributed by atoms with Crippen LogP contribution in [-0.2, 0) is 5.41 Å². The largest absolute Gasteiger partial charge is 0.497 e. The van der Waals surface area contributed by atoms with Gasteiger partial charge in [-0.25, -0.2) is 0 Å². The van der Waals surface area contributed by atoms with Gasteiger partial charge < -0.3 is 15.6 Å². The van der Waals surface area contributed by atoms with Gasteiger partial charge in [-0.05, 0) is 24.1 Å². The summed E-state index contributed by atoms with van der Waals surface area (Å²) < 4.78 is 5.09. The van der Waals surface area contributed by atoms with Gasteiger partial charge in [0.05, 0.1) is 7.11 Å². The summed E-state index contributed by atoms with van der Waals surface area (Å²) >= 11 is 0. The molecule has 0 radical (unpaired) electrons. The van der Waals surface area contributed by atoms with Crippen molar-refractivity contribution in [2.24, 2.45) is 5.73 Å². The van der Waals surface area contributed by atoms with E-state index >= 15 is 0 Å². The lowest BCUT2D eigenvalue weighted by Crippen LogP contribution is -2.32. The van der Waals surface area contributed by atoms with Gasteiger partial charge in [0.15, 0.2) is 0 Å². The number of nitrogens with two attached hydrogens (primary N) is 1. The first-order valence-electron chi connectivity index (χ1n) is 5.12. The molecule has 15 heavy (non-hydrogen) atoms. The molecule has 0 heterocycles. The Kier molecular flexibility index (Phi) is 4.12. The zero-order chi connectivity index (χ0) is 11.3. The summed E-state index contributed by atoms with van der Waals surface area (Å²) in [4.78, 5) is 0. The molecule has 1 unspecified atom stereocenters. The molecule has 0 saturated heterocycles.